The maximum Gasteiger partial charge on any atom is 0.416 e. The zero-order valence-electron chi connectivity index (χ0n) is 13.4. The first-order valence-electron chi connectivity index (χ1n) is 7.80. The maximum absolute atomic E-state index is 12.5. The number of carboxylic acid groups (broad SMARTS) is 1. The molecular weight excluding hydrogens is 323 g/mol. The molecule has 0 saturated heterocycles. The van der Waals surface area contributed by atoms with Gasteiger partial charge in [-0.1, -0.05) is 26.0 Å². The minimum Gasteiger partial charge on any atom is -0.480 e. The predicted molar refractivity (Wildman–Crippen MR) is 81.3 cm³/mol. The van der Waals surface area contributed by atoms with Crippen molar-refractivity contribution in [2.45, 2.75) is 44.8 Å². The van der Waals surface area contributed by atoms with Crippen LogP contribution in [0.15, 0.2) is 24.3 Å². The van der Waals surface area contributed by atoms with E-state index in [1.165, 1.54) is 12.1 Å². The molecule has 2 N–H and O–H groups in total. The average molecular weight is 343 g/mol. The maximum atomic E-state index is 12.5. The fraction of sp³-hybridized carbons (Fsp3) is 0.529. The molecule has 0 heterocycles. The smallest absolute Gasteiger partial charge is 0.416 e. The van der Waals surface area contributed by atoms with E-state index in [0.717, 1.165) is 12.1 Å². The summed E-state index contributed by atoms with van der Waals surface area (Å²) in [6, 6.07) is 3.82. The first-order chi connectivity index (χ1) is 11.1. The number of hydrogen-bond acceptors (Lipinski definition) is 2. The van der Waals surface area contributed by atoms with E-state index >= 15 is 0 Å². The zero-order chi connectivity index (χ0) is 18.1. The molecule has 1 fully saturated rings. The number of carbonyl (C=O) groups is 2. The van der Waals surface area contributed by atoms with Crippen LogP contribution in [-0.2, 0) is 15.8 Å². The summed E-state index contributed by atoms with van der Waals surface area (Å²) < 4.78 is 37.6. The summed E-state index contributed by atoms with van der Waals surface area (Å²) in [5.74, 6) is -1.84. The molecule has 132 valence electrons. The molecule has 0 spiro atoms. The SMILES string of the molecule is CC(C)CC(NC(=O)C1CC1c1ccc(C(F)(F)F)cc1)C(=O)O. The van der Waals surface area contributed by atoms with Crippen LogP contribution in [0.3, 0.4) is 0 Å². The Labute approximate surface area is 138 Å². The van der Waals surface area contributed by atoms with Crippen LogP contribution in [0.25, 0.3) is 0 Å². The molecule has 1 aromatic carbocycles. The van der Waals surface area contributed by atoms with Crippen molar-refractivity contribution in [3.63, 3.8) is 0 Å². The highest BCUT2D eigenvalue weighted by Gasteiger charge is 2.45. The molecular formula is C17H20F3NO3. The zero-order valence-corrected chi connectivity index (χ0v) is 13.4. The van der Waals surface area contributed by atoms with Crippen molar-refractivity contribution in [2.24, 2.45) is 11.8 Å². The predicted octanol–water partition coefficient (Wildman–Crippen LogP) is 3.42. The molecule has 0 radical (unpaired) electrons. The number of alkyl halides is 3. The third kappa shape index (κ3) is 4.49. The van der Waals surface area contributed by atoms with Crippen LogP contribution in [0.5, 0.6) is 0 Å². The molecule has 1 amide bonds. The molecule has 1 saturated carbocycles. The second-order valence-corrected chi connectivity index (χ2v) is 6.60. The summed E-state index contributed by atoms with van der Waals surface area (Å²) in [6.07, 6.45) is -3.53. The van der Waals surface area contributed by atoms with Crippen LogP contribution in [-0.4, -0.2) is 23.0 Å². The van der Waals surface area contributed by atoms with Crippen molar-refractivity contribution in [1.29, 1.82) is 0 Å². The van der Waals surface area contributed by atoms with Gasteiger partial charge in [-0.3, -0.25) is 4.79 Å². The molecule has 0 bridgehead atoms. The number of carbonyl (C=O) groups excluding carboxylic acids is 1. The second-order valence-electron chi connectivity index (χ2n) is 6.60. The summed E-state index contributed by atoms with van der Waals surface area (Å²) in [5, 5.41) is 11.7. The van der Waals surface area contributed by atoms with Gasteiger partial charge in [0.05, 0.1) is 5.56 Å². The standard InChI is InChI=1S/C17H20F3NO3/c1-9(2)7-14(16(23)24)21-15(22)13-8-12(13)10-3-5-11(6-4-10)17(18,19)20/h3-6,9,12-14H,7-8H2,1-2H3,(H,21,22)(H,23,24). The molecule has 1 aliphatic rings. The Hall–Kier alpha value is -2.05. The van der Waals surface area contributed by atoms with Crippen LogP contribution < -0.4 is 5.32 Å². The van der Waals surface area contributed by atoms with E-state index in [2.05, 4.69) is 5.32 Å². The Morgan fingerprint density at radius 3 is 2.29 bits per heavy atom. The van der Waals surface area contributed by atoms with Crippen molar-refractivity contribution in [3.8, 4) is 0 Å². The number of rotatable bonds is 6. The van der Waals surface area contributed by atoms with Crippen LogP contribution in [0, 0.1) is 11.8 Å². The summed E-state index contributed by atoms with van der Waals surface area (Å²) in [5.41, 5.74) is -0.0605. The van der Waals surface area contributed by atoms with Gasteiger partial charge < -0.3 is 10.4 Å². The molecule has 3 unspecified atom stereocenters. The van der Waals surface area contributed by atoms with E-state index in [1.807, 2.05) is 13.8 Å². The first kappa shape index (κ1) is 18.3. The van der Waals surface area contributed by atoms with Gasteiger partial charge in [-0.25, -0.2) is 4.79 Å². The Morgan fingerprint density at radius 1 is 1.25 bits per heavy atom. The van der Waals surface area contributed by atoms with Crippen molar-refractivity contribution in [1.82, 2.24) is 5.32 Å². The molecule has 0 aliphatic heterocycles. The van der Waals surface area contributed by atoms with E-state index in [0.29, 0.717) is 18.4 Å². The van der Waals surface area contributed by atoms with Crippen molar-refractivity contribution >= 4 is 11.9 Å². The molecule has 1 aromatic rings. The highest BCUT2D eigenvalue weighted by molar-refractivity contribution is 5.87. The summed E-state index contributed by atoms with van der Waals surface area (Å²) in [6.45, 7) is 3.73. The van der Waals surface area contributed by atoms with Crippen LogP contribution in [0.1, 0.15) is 43.7 Å². The van der Waals surface area contributed by atoms with Crippen molar-refractivity contribution in [3.05, 3.63) is 35.4 Å². The number of nitrogens with one attached hydrogen (secondary N) is 1. The number of halogens is 3. The van der Waals surface area contributed by atoms with E-state index in [1.54, 1.807) is 0 Å². The molecule has 3 atom stereocenters. The van der Waals surface area contributed by atoms with E-state index < -0.39 is 23.8 Å². The summed E-state index contributed by atoms with van der Waals surface area (Å²) in [7, 11) is 0. The van der Waals surface area contributed by atoms with Gasteiger partial charge in [-0.15, -0.1) is 0 Å². The molecule has 7 heteroatoms. The Morgan fingerprint density at radius 2 is 1.83 bits per heavy atom. The Balaban J connectivity index is 1.96. The highest BCUT2D eigenvalue weighted by Crippen LogP contribution is 2.48. The number of benzene rings is 1. The van der Waals surface area contributed by atoms with Gasteiger partial charge in [0, 0.05) is 5.92 Å². The lowest BCUT2D eigenvalue weighted by molar-refractivity contribution is -0.142. The van der Waals surface area contributed by atoms with Crippen LogP contribution >= 0.6 is 0 Å². The summed E-state index contributed by atoms with van der Waals surface area (Å²) >= 11 is 0. The van der Waals surface area contributed by atoms with Gasteiger partial charge in [-0.2, -0.15) is 13.2 Å². The fourth-order valence-electron chi connectivity index (χ4n) is 2.74. The Kier molecular flexibility index (Phi) is 5.20. The molecule has 2 rings (SSSR count). The fourth-order valence-corrected chi connectivity index (χ4v) is 2.74. The first-order valence-corrected chi connectivity index (χ1v) is 7.80. The minimum atomic E-state index is -4.38. The molecule has 24 heavy (non-hydrogen) atoms. The largest absolute Gasteiger partial charge is 0.480 e. The normalized spacial score (nSPS) is 21.4. The average Bonchev–Trinajstić information content (AvgIpc) is 3.25. The number of aliphatic carboxylic acids is 1. The lowest BCUT2D eigenvalue weighted by atomic mass is 10.0. The number of hydrogen-bond donors (Lipinski definition) is 2. The topological polar surface area (TPSA) is 66.4 Å². The molecule has 0 aromatic heterocycles. The third-order valence-electron chi connectivity index (χ3n) is 4.12. The number of amides is 1. The lowest BCUT2D eigenvalue weighted by Gasteiger charge is -2.16. The van der Waals surface area contributed by atoms with E-state index in [4.69, 9.17) is 5.11 Å². The summed E-state index contributed by atoms with van der Waals surface area (Å²) in [4.78, 5) is 23.3. The third-order valence-corrected chi connectivity index (χ3v) is 4.12. The van der Waals surface area contributed by atoms with Crippen molar-refractivity contribution in [2.75, 3.05) is 0 Å². The van der Waals surface area contributed by atoms with Gasteiger partial charge >= 0.3 is 12.1 Å². The van der Waals surface area contributed by atoms with Gasteiger partial charge in [0.25, 0.3) is 0 Å². The van der Waals surface area contributed by atoms with Gasteiger partial charge in [0.15, 0.2) is 0 Å². The second kappa shape index (κ2) is 6.83. The minimum absolute atomic E-state index is 0.122. The van der Waals surface area contributed by atoms with E-state index in [-0.39, 0.29) is 23.7 Å². The quantitative estimate of drug-likeness (QED) is 0.832. The van der Waals surface area contributed by atoms with Crippen LogP contribution in [0.2, 0.25) is 0 Å². The van der Waals surface area contributed by atoms with Gasteiger partial charge in [0.2, 0.25) is 5.91 Å². The van der Waals surface area contributed by atoms with Crippen LogP contribution in [0.4, 0.5) is 13.2 Å². The monoisotopic (exact) mass is 343 g/mol. The Bertz CT molecular complexity index is 611. The van der Waals surface area contributed by atoms with Gasteiger partial charge in [-0.05, 0) is 42.4 Å². The number of carboxylic acids is 1. The highest BCUT2D eigenvalue weighted by atomic mass is 19.4. The molecule has 4 nitrogen and oxygen atoms in total. The van der Waals surface area contributed by atoms with E-state index in [9.17, 15) is 22.8 Å². The van der Waals surface area contributed by atoms with Crippen molar-refractivity contribution < 1.29 is 27.9 Å². The lowest BCUT2D eigenvalue weighted by Crippen LogP contribution is -2.42. The van der Waals surface area contributed by atoms with Gasteiger partial charge in [0.1, 0.15) is 6.04 Å². The molecule has 1 aliphatic carbocycles.